The summed E-state index contributed by atoms with van der Waals surface area (Å²) in [4.78, 5) is 162. The number of rotatable bonds is 15. The zero-order valence-electron chi connectivity index (χ0n) is 40.5. The Morgan fingerprint density at radius 3 is 0.817 bits per heavy atom. The molecule has 8 rings (SSSR count). The normalized spacial score (nSPS) is 15.7. The molecular formula is C46H30N16O18S2. The second-order valence-electron chi connectivity index (χ2n) is 16.3. The van der Waals surface area contributed by atoms with E-state index in [1.54, 1.807) is 0 Å². The van der Waals surface area contributed by atoms with E-state index in [1.165, 1.54) is 0 Å². The maximum atomic E-state index is 14.9. The maximum Gasteiger partial charge on any atom is 0.347 e. The molecule has 0 aromatic heterocycles. The standard InChI is InChI=1S/C46H30N16O18S2/c63-41(47-25-1-9-31(10-2-25)57(69)70)51-37-39(55(43(65)49-27-5-13-33(14-6-27)59(73)74)45(67)53(37)29-17-21-35(22-18-29)61(77)78)81-82-40-38(52-42(64)48-26-3-11-32(12-4-26)58(71)72)54(30-19-23-36(24-20-30)62(79)80)46(68)56(40)44(66)50-28-7-15-34(16-8-28)60(75)76/h1-24,39-40H,(H,47,63)(H,48,64)(H,49,65)(H,50,66)/b51-37-,52-38+. The number of amides is 12. The molecule has 2 atom stereocenters. The number of non-ortho nitro benzene ring substituents is 6. The van der Waals surface area contributed by atoms with Gasteiger partial charge >= 0.3 is 36.2 Å². The minimum atomic E-state index is -1.97. The van der Waals surface area contributed by atoms with E-state index in [-0.39, 0.29) is 45.5 Å². The Morgan fingerprint density at radius 2 is 0.585 bits per heavy atom. The fraction of sp³-hybridized carbons (Fsp3) is 0.0435. The number of benzene rings is 6. The lowest BCUT2D eigenvalue weighted by Gasteiger charge is -2.24. The van der Waals surface area contributed by atoms with E-state index in [4.69, 9.17) is 0 Å². The van der Waals surface area contributed by atoms with Gasteiger partial charge < -0.3 is 21.3 Å². The number of imide groups is 2. The second kappa shape index (κ2) is 23.8. The third-order valence-corrected chi connectivity index (χ3v) is 14.0. The lowest BCUT2D eigenvalue weighted by atomic mass is 10.2. The molecule has 414 valence electrons. The Hall–Kier alpha value is -11.8. The van der Waals surface area contributed by atoms with Crippen LogP contribution >= 0.6 is 21.6 Å². The van der Waals surface area contributed by atoms with Crippen LogP contribution < -0.4 is 31.1 Å². The number of nitro groups is 6. The van der Waals surface area contributed by atoms with Crippen molar-refractivity contribution in [3.8, 4) is 0 Å². The van der Waals surface area contributed by atoms with Crippen molar-refractivity contribution in [1.29, 1.82) is 0 Å². The highest BCUT2D eigenvalue weighted by atomic mass is 33.1. The predicted molar refractivity (Wildman–Crippen MR) is 292 cm³/mol. The quantitative estimate of drug-likeness (QED) is 0.0421. The van der Waals surface area contributed by atoms with E-state index >= 15 is 0 Å². The number of carbonyl (C=O) groups excluding carboxylic acids is 6. The van der Waals surface area contributed by atoms with Gasteiger partial charge in [0.1, 0.15) is 0 Å². The van der Waals surface area contributed by atoms with Gasteiger partial charge in [0.25, 0.3) is 34.1 Å². The minimum absolute atomic E-state index is 0.0872. The summed E-state index contributed by atoms with van der Waals surface area (Å²) in [6, 6.07) is 17.0. The molecule has 2 aliphatic heterocycles. The van der Waals surface area contributed by atoms with Crippen molar-refractivity contribution in [2.45, 2.75) is 10.7 Å². The first-order chi connectivity index (χ1) is 39.1. The van der Waals surface area contributed by atoms with Gasteiger partial charge in [-0.2, -0.15) is 9.98 Å². The fourth-order valence-corrected chi connectivity index (χ4v) is 10.3. The molecule has 36 heteroatoms. The van der Waals surface area contributed by atoms with E-state index < -0.39 is 111 Å². The molecule has 0 saturated carbocycles. The average Bonchev–Trinajstić information content (AvgIpc) is 4.13. The summed E-state index contributed by atoms with van der Waals surface area (Å²) in [5.41, 5.74) is -3.56. The first-order valence-corrected chi connectivity index (χ1v) is 24.8. The molecule has 6 aromatic carbocycles. The first-order valence-electron chi connectivity index (χ1n) is 22.5. The minimum Gasteiger partial charge on any atom is -0.307 e. The molecule has 0 aliphatic carbocycles. The third-order valence-electron chi connectivity index (χ3n) is 11.2. The summed E-state index contributed by atoms with van der Waals surface area (Å²) < 4.78 is 0. The number of amidine groups is 2. The zero-order valence-corrected chi connectivity index (χ0v) is 42.2. The SMILES string of the molecule is O=C(/N=C1/C(SSC2/C(=N\C(=O)Nc3ccc([N+](=O)[O-])cc3)N(c3ccc([N+](=O)[O-])cc3)C(=O)N2C(=O)Nc2ccc([N+](=O)[O-])cc2)N(C(=O)Nc2ccc([N+](=O)[O-])cc2)C(=O)N1c1ccc([N+](=O)[O-])cc1)Nc1ccc([N+](=O)[O-])cc1. The van der Waals surface area contributed by atoms with Crippen molar-refractivity contribution in [2.75, 3.05) is 31.1 Å². The van der Waals surface area contributed by atoms with Crippen molar-refractivity contribution in [1.82, 2.24) is 9.80 Å². The summed E-state index contributed by atoms with van der Waals surface area (Å²) in [6.07, 6.45) is 0. The number of nitro benzene ring substituents is 6. The summed E-state index contributed by atoms with van der Waals surface area (Å²) in [5, 5.41) is 74.7. The average molecular weight is 1160 g/mol. The van der Waals surface area contributed by atoms with Crippen LogP contribution in [0.2, 0.25) is 0 Å². The second-order valence-corrected chi connectivity index (χ2v) is 18.7. The van der Waals surface area contributed by atoms with E-state index in [1.807, 2.05) is 0 Å². The lowest BCUT2D eigenvalue weighted by molar-refractivity contribution is -0.385. The van der Waals surface area contributed by atoms with Crippen molar-refractivity contribution < 1.29 is 58.3 Å². The third kappa shape index (κ3) is 12.5. The highest BCUT2D eigenvalue weighted by molar-refractivity contribution is 8.77. The molecule has 2 saturated heterocycles. The Balaban J connectivity index is 1.28. The van der Waals surface area contributed by atoms with Gasteiger partial charge in [0.15, 0.2) is 22.4 Å². The molecule has 0 radical (unpaired) electrons. The monoisotopic (exact) mass is 1160 g/mol. The number of anilines is 6. The molecule has 12 amide bonds. The van der Waals surface area contributed by atoms with Crippen LogP contribution in [0.3, 0.4) is 0 Å². The van der Waals surface area contributed by atoms with Gasteiger partial charge in [-0.25, -0.2) is 48.4 Å². The number of nitrogens with one attached hydrogen (secondary N) is 4. The summed E-state index contributed by atoms with van der Waals surface area (Å²) in [6.45, 7) is 0. The molecule has 2 aliphatic rings. The van der Waals surface area contributed by atoms with Crippen molar-refractivity contribution in [2.24, 2.45) is 9.98 Å². The van der Waals surface area contributed by atoms with E-state index in [0.717, 1.165) is 146 Å². The molecule has 0 spiro atoms. The highest BCUT2D eigenvalue weighted by Gasteiger charge is 2.53. The molecule has 4 N–H and O–H groups in total. The lowest BCUT2D eigenvalue weighted by Crippen LogP contribution is -2.43. The number of nitrogens with zero attached hydrogens (tertiary/aromatic N) is 12. The van der Waals surface area contributed by atoms with Gasteiger partial charge in [0.2, 0.25) is 0 Å². The zero-order chi connectivity index (χ0) is 59.1. The van der Waals surface area contributed by atoms with E-state index in [0.29, 0.717) is 41.2 Å². The number of hydrogen-bond donors (Lipinski definition) is 4. The van der Waals surface area contributed by atoms with Gasteiger partial charge in [-0.15, -0.1) is 0 Å². The van der Waals surface area contributed by atoms with Gasteiger partial charge in [-0.1, -0.05) is 21.6 Å². The van der Waals surface area contributed by atoms with Crippen molar-refractivity contribution >= 4 is 138 Å². The largest absolute Gasteiger partial charge is 0.347 e. The van der Waals surface area contributed by atoms with E-state index in [9.17, 15) is 89.5 Å². The summed E-state index contributed by atoms with van der Waals surface area (Å²) in [5.74, 6) is -1.38. The topological polar surface area (TPSA) is 447 Å². The van der Waals surface area contributed by atoms with Gasteiger partial charge in [-0.3, -0.25) is 60.7 Å². The molecule has 2 unspecified atom stereocenters. The smallest absolute Gasteiger partial charge is 0.307 e. The maximum absolute atomic E-state index is 14.9. The van der Waals surface area contributed by atoms with Crippen LogP contribution in [-0.2, 0) is 0 Å². The van der Waals surface area contributed by atoms with Gasteiger partial charge in [-0.05, 0) is 72.8 Å². The van der Waals surface area contributed by atoms with Crippen molar-refractivity contribution in [3.63, 3.8) is 0 Å². The first kappa shape index (κ1) is 56.4. The van der Waals surface area contributed by atoms with E-state index in [2.05, 4.69) is 31.3 Å². The van der Waals surface area contributed by atoms with Crippen LogP contribution in [0.5, 0.6) is 0 Å². The molecule has 0 bridgehead atoms. The molecular weight excluding hydrogens is 1130 g/mol. The highest BCUT2D eigenvalue weighted by Crippen LogP contribution is 2.45. The molecule has 6 aromatic rings. The molecule has 34 nitrogen and oxygen atoms in total. The van der Waals surface area contributed by atoms with Crippen LogP contribution in [-0.4, -0.2) is 97.9 Å². The van der Waals surface area contributed by atoms with Crippen LogP contribution in [0.15, 0.2) is 156 Å². The van der Waals surface area contributed by atoms with Gasteiger partial charge in [0.05, 0.1) is 40.9 Å². The molecule has 82 heavy (non-hydrogen) atoms. The Bertz CT molecular complexity index is 3470. The van der Waals surface area contributed by atoms with Gasteiger partial charge in [0, 0.05) is 95.5 Å². The number of aliphatic imine (C=N–C) groups is 2. The summed E-state index contributed by atoms with van der Waals surface area (Å²) in [7, 11) is 0.757. The molecule has 2 fully saturated rings. The molecule has 2 heterocycles. The van der Waals surface area contributed by atoms with Crippen LogP contribution in [0.4, 0.5) is 97.0 Å². The number of carbonyl (C=O) groups is 6. The van der Waals surface area contributed by atoms with Crippen LogP contribution in [0.25, 0.3) is 0 Å². The Morgan fingerprint density at radius 1 is 0.366 bits per heavy atom. The predicted octanol–water partition coefficient (Wildman–Crippen LogP) is 10.1. The number of urea groups is 6. The van der Waals surface area contributed by atoms with Crippen LogP contribution in [0, 0.1) is 60.7 Å². The Kier molecular flexibility index (Phi) is 16.4. The Labute approximate surface area is 462 Å². The van der Waals surface area contributed by atoms with Crippen molar-refractivity contribution in [3.05, 3.63) is 206 Å². The van der Waals surface area contributed by atoms with Crippen LogP contribution in [0.1, 0.15) is 0 Å². The number of hydrogen-bond acceptors (Lipinski definition) is 20. The fourth-order valence-electron chi connectivity index (χ4n) is 7.41. The summed E-state index contributed by atoms with van der Waals surface area (Å²) >= 11 is 0.